The lowest BCUT2D eigenvalue weighted by Crippen LogP contribution is -2.30. The van der Waals surface area contributed by atoms with Gasteiger partial charge in [0.1, 0.15) is 17.3 Å². The van der Waals surface area contributed by atoms with Crippen molar-refractivity contribution in [1.82, 2.24) is 10.6 Å². The maximum Gasteiger partial charge on any atom is 0.244 e. The van der Waals surface area contributed by atoms with Crippen LogP contribution in [0.4, 0.5) is 4.39 Å². The molecular weight excluding hydrogens is 351 g/mol. The zero-order chi connectivity index (χ0) is 19.3. The fourth-order valence-corrected chi connectivity index (χ4v) is 2.17. The summed E-state index contributed by atoms with van der Waals surface area (Å²) in [6, 6.07) is 9.32. The van der Waals surface area contributed by atoms with Crippen LogP contribution in [-0.2, 0) is 9.59 Å². The van der Waals surface area contributed by atoms with E-state index in [1.807, 2.05) is 0 Å². The summed E-state index contributed by atoms with van der Waals surface area (Å²) < 4.78 is 23.3. The van der Waals surface area contributed by atoms with E-state index < -0.39 is 0 Å². The average Bonchev–Trinajstić information content (AvgIpc) is 3.18. The van der Waals surface area contributed by atoms with E-state index in [2.05, 4.69) is 10.6 Å². The van der Waals surface area contributed by atoms with Crippen molar-refractivity contribution in [3.05, 3.63) is 60.3 Å². The van der Waals surface area contributed by atoms with Gasteiger partial charge in [0.25, 0.3) is 0 Å². The van der Waals surface area contributed by atoms with E-state index in [1.54, 1.807) is 30.3 Å². The van der Waals surface area contributed by atoms with Crippen LogP contribution in [0.3, 0.4) is 0 Å². The molecule has 0 aliphatic heterocycles. The van der Waals surface area contributed by atoms with Crippen molar-refractivity contribution in [2.24, 2.45) is 0 Å². The van der Waals surface area contributed by atoms with Crippen molar-refractivity contribution >= 4 is 17.9 Å². The zero-order valence-electron chi connectivity index (χ0n) is 14.9. The second-order valence-electron chi connectivity index (χ2n) is 5.75. The summed E-state index contributed by atoms with van der Waals surface area (Å²) >= 11 is 0. The Morgan fingerprint density at radius 2 is 1.89 bits per heavy atom. The minimum atomic E-state index is -0.296. The fourth-order valence-electron chi connectivity index (χ4n) is 2.17. The third kappa shape index (κ3) is 8.71. The topological polar surface area (TPSA) is 80.6 Å². The molecule has 0 aliphatic rings. The van der Waals surface area contributed by atoms with Gasteiger partial charge in [0, 0.05) is 25.6 Å². The van der Waals surface area contributed by atoms with Crippen molar-refractivity contribution in [3.8, 4) is 5.75 Å². The maximum absolute atomic E-state index is 12.8. The van der Waals surface area contributed by atoms with Crippen molar-refractivity contribution in [2.75, 3.05) is 19.7 Å². The molecule has 0 fully saturated rings. The van der Waals surface area contributed by atoms with E-state index in [9.17, 15) is 14.0 Å². The molecule has 2 amide bonds. The van der Waals surface area contributed by atoms with Crippen LogP contribution in [0.5, 0.6) is 5.75 Å². The third-order valence-corrected chi connectivity index (χ3v) is 3.57. The number of carbonyl (C=O) groups is 2. The Balaban J connectivity index is 1.46. The summed E-state index contributed by atoms with van der Waals surface area (Å²) in [5.74, 6) is 0.514. The normalized spacial score (nSPS) is 10.7. The smallest absolute Gasteiger partial charge is 0.244 e. The molecule has 0 saturated heterocycles. The summed E-state index contributed by atoms with van der Waals surface area (Å²) in [7, 11) is 0. The molecular formula is C20H23FN2O4. The number of carbonyl (C=O) groups excluding carboxylic acids is 2. The van der Waals surface area contributed by atoms with Gasteiger partial charge in [-0.15, -0.1) is 0 Å². The predicted molar refractivity (Wildman–Crippen MR) is 99.5 cm³/mol. The average molecular weight is 374 g/mol. The van der Waals surface area contributed by atoms with Crippen LogP contribution in [0.1, 0.15) is 25.0 Å². The van der Waals surface area contributed by atoms with Crippen LogP contribution < -0.4 is 15.4 Å². The van der Waals surface area contributed by atoms with Crippen LogP contribution in [0.15, 0.2) is 53.2 Å². The molecule has 0 atom stereocenters. The SMILES string of the molecule is O=C(/C=C/c1ccco1)NCCC(=O)NCCCCOc1ccc(F)cc1. The maximum atomic E-state index is 12.8. The Kier molecular flexibility index (Phi) is 8.62. The summed E-state index contributed by atoms with van der Waals surface area (Å²) in [5, 5.41) is 5.42. The van der Waals surface area contributed by atoms with E-state index in [0.717, 1.165) is 12.8 Å². The quantitative estimate of drug-likeness (QED) is 0.468. The summed E-state index contributed by atoms with van der Waals surface area (Å²) in [6.45, 7) is 1.30. The van der Waals surface area contributed by atoms with Crippen LogP contribution >= 0.6 is 0 Å². The van der Waals surface area contributed by atoms with Crippen LogP contribution in [-0.4, -0.2) is 31.5 Å². The lowest BCUT2D eigenvalue weighted by atomic mass is 10.3. The van der Waals surface area contributed by atoms with Gasteiger partial charge in [0.15, 0.2) is 0 Å². The van der Waals surface area contributed by atoms with Gasteiger partial charge in [-0.05, 0) is 55.3 Å². The zero-order valence-corrected chi connectivity index (χ0v) is 14.9. The number of halogens is 1. The molecule has 1 aromatic heterocycles. The molecule has 2 aromatic rings. The minimum Gasteiger partial charge on any atom is -0.494 e. The van der Waals surface area contributed by atoms with Crippen LogP contribution in [0.2, 0.25) is 0 Å². The van der Waals surface area contributed by atoms with E-state index in [1.165, 1.54) is 24.5 Å². The molecule has 27 heavy (non-hydrogen) atoms. The Morgan fingerprint density at radius 1 is 1.07 bits per heavy atom. The molecule has 0 aliphatic carbocycles. The minimum absolute atomic E-state index is 0.121. The summed E-state index contributed by atoms with van der Waals surface area (Å²) in [4.78, 5) is 23.3. The molecule has 0 spiro atoms. The number of benzene rings is 1. The molecule has 6 nitrogen and oxygen atoms in total. The van der Waals surface area contributed by atoms with Gasteiger partial charge < -0.3 is 19.8 Å². The third-order valence-electron chi connectivity index (χ3n) is 3.57. The number of rotatable bonds is 11. The highest BCUT2D eigenvalue weighted by molar-refractivity contribution is 5.91. The standard InChI is InChI=1S/C20H23FN2O4/c21-16-5-7-18(8-6-16)26-14-2-1-12-22-20(25)11-13-23-19(24)10-9-17-4-3-15-27-17/h3-10,15H,1-2,11-14H2,(H,22,25)(H,23,24)/b10-9+. The molecule has 1 aromatic carbocycles. The molecule has 2 rings (SSSR count). The van der Waals surface area contributed by atoms with E-state index in [0.29, 0.717) is 24.7 Å². The van der Waals surface area contributed by atoms with Crippen molar-refractivity contribution in [1.29, 1.82) is 0 Å². The van der Waals surface area contributed by atoms with Gasteiger partial charge in [-0.2, -0.15) is 0 Å². The first-order valence-corrected chi connectivity index (χ1v) is 8.78. The first-order chi connectivity index (χ1) is 13.1. The number of ether oxygens (including phenoxy) is 1. The van der Waals surface area contributed by atoms with Gasteiger partial charge in [-0.1, -0.05) is 0 Å². The Hall–Kier alpha value is -3.09. The Bertz CT molecular complexity index is 727. The highest BCUT2D eigenvalue weighted by atomic mass is 19.1. The number of furan rings is 1. The largest absolute Gasteiger partial charge is 0.494 e. The highest BCUT2D eigenvalue weighted by Gasteiger charge is 2.02. The van der Waals surface area contributed by atoms with Crippen molar-refractivity contribution in [3.63, 3.8) is 0 Å². The van der Waals surface area contributed by atoms with Gasteiger partial charge in [-0.25, -0.2) is 4.39 Å². The number of hydrogen-bond acceptors (Lipinski definition) is 4. The second-order valence-corrected chi connectivity index (χ2v) is 5.75. The molecule has 0 saturated carbocycles. The van der Waals surface area contributed by atoms with Crippen molar-refractivity contribution < 1.29 is 23.1 Å². The molecule has 0 radical (unpaired) electrons. The lowest BCUT2D eigenvalue weighted by molar-refractivity contribution is -0.121. The summed E-state index contributed by atoms with van der Waals surface area (Å²) in [6.07, 6.45) is 6.20. The van der Waals surface area contributed by atoms with E-state index in [4.69, 9.17) is 9.15 Å². The number of hydrogen-bond donors (Lipinski definition) is 2. The van der Waals surface area contributed by atoms with Crippen molar-refractivity contribution in [2.45, 2.75) is 19.3 Å². The molecule has 2 N–H and O–H groups in total. The Morgan fingerprint density at radius 3 is 2.63 bits per heavy atom. The van der Waals surface area contributed by atoms with E-state index in [-0.39, 0.29) is 30.6 Å². The van der Waals surface area contributed by atoms with Crippen LogP contribution in [0.25, 0.3) is 6.08 Å². The second kappa shape index (κ2) is 11.5. The molecule has 7 heteroatoms. The van der Waals surface area contributed by atoms with Gasteiger partial charge >= 0.3 is 0 Å². The van der Waals surface area contributed by atoms with Gasteiger partial charge in [-0.3, -0.25) is 9.59 Å². The number of nitrogens with one attached hydrogen (secondary N) is 2. The first-order valence-electron chi connectivity index (χ1n) is 8.78. The molecule has 144 valence electrons. The molecule has 0 bridgehead atoms. The fraction of sp³-hybridized carbons (Fsp3) is 0.300. The number of unbranched alkanes of at least 4 members (excludes halogenated alkanes) is 1. The molecule has 0 unspecified atom stereocenters. The lowest BCUT2D eigenvalue weighted by Gasteiger charge is -2.07. The monoisotopic (exact) mass is 374 g/mol. The Labute approximate surface area is 157 Å². The summed E-state index contributed by atoms with van der Waals surface area (Å²) in [5.41, 5.74) is 0. The first kappa shape index (κ1) is 20.2. The van der Waals surface area contributed by atoms with Crippen LogP contribution in [0, 0.1) is 5.82 Å². The van der Waals surface area contributed by atoms with Gasteiger partial charge in [0.2, 0.25) is 11.8 Å². The predicted octanol–water partition coefficient (Wildman–Crippen LogP) is 2.91. The van der Waals surface area contributed by atoms with E-state index >= 15 is 0 Å². The highest BCUT2D eigenvalue weighted by Crippen LogP contribution is 2.11. The number of amides is 2. The van der Waals surface area contributed by atoms with Gasteiger partial charge in [0.05, 0.1) is 12.9 Å². The molecule has 1 heterocycles.